The van der Waals surface area contributed by atoms with Gasteiger partial charge in [0.25, 0.3) is 0 Å². The number of aryl methyl sites for hydroxylation is 1. The summed E-state index contributed by atoms with van der Waals surface area (Å²) >= 11 is 5.09. The number of pyridine rings is 1. The molecule has 0 fully saturated rings. The maximum Gasteiger partial charge on any atom is 0.137 e. The molecule has 0 saturated carbocycles. The largest absolute Gasteiger partial charge is 0.456 e. The van der Waals surface area contributed by atoms with E-state index in [9.17, 15) is 0 Å². The molecule has 2 aromatic carbocycles. The van der Waals surface area contributed by atoms with Gasteiger partial charge in [-0.3, -0.25) is 4.98 Å². The van der Waals surface area contributed by atoms with Crippen molar-refractivity contribution in [2.75, 3.05) is 0 Å². The summed E-state index contributed by atoms with van der Waals surface area (Å²) in [7, 11) is 0. The van der Waals surface area contributed by atoms with E-state index >= 15 is 0 Å². The summed E-state index contributed by atoms with van der Waals surface area (Å²) in [5, 5.41) is 0.954. The van der Waals surface area contributed by atoms with Crippen LogP contribution in [-0.2, 0) is 0 Å². The predicted octanol–water partition coefficient (Wildman–Crippen LogP) is 3.97. The summed E-state index contributed by atoms with van der Waals surface area (Å²) in [5.74, 6) is 1.41. The van der Waals surface area contributed by atoms with E-state index in [-0.39, 0.29) is 0 Å². The Morgan fingerprint density at radius 2 is 1.95 bits per heavy atom. The highest BCUT2D eigenvalue weighted by Gasteiger charge is 2.10. The highest BCUT2D eigenvalue weighted by molar-refractivity contribution is 7.80. The smallest absolute Gasteiger partial charge is 0.137 e. The van der Waals surface area contributed by atoms with Crippen LogP contribution in [0.25, 0.3) is 10.9 Å². The zero-order chi connectivity index (χ0) is 14.8. The van der Waals surface area contributed by atoms with Gasteiger partial charge in [0.15, 0.2) is 0 Å². The van der Waals surface area contributed by atoms with Gasteiger partial charge in [-0.15, -0.1) is 0 Å². The minimum atomic E-state index is 0.323. The van der Waals surface area contributed by atoms with Crippen molar-refractivity contribution in [3.63, 3.8) is 0 Å². The second-order valence-corrected chi connectivity index (χ2v) is 5.23. The van der Waals surface area contributed by atoms with Gasteiger partial charge < -0.3 is 10.5 Å². The van der Waals surface area contributed by atoms with Gasteiger partial charge in [-0.1, -0.05) is 24.4 Å². The van der Waals surface area contributed by atoms with Crippen molar-refractivity contribution in [1.82, 2.24) is 4.98 Å². The molecule has 0 atom stereocenters. The first-order chi connectivity index (χ1) is 10.1. The van der Waals surface area contributed by atoms with E-state index in [1.54, 1.807) is 6.20 Å². The van der Waals surface area contributed by atoms with Crippen molar-refractivity contribution >= 4 is 28.1 Å². The fourth-order valence-electron chi connectivity index (χ4n) is 2.20. The molecule has 0 unspecified atom stereocenters. The quantitative estimate of drug-likeness (QED) is 0.743. The lowest BCUT2D eigenvalue weighted by molar-refractivity contribution is 0.487. The third-order valence-electron chi connectivity index (χ3n) is 3.23. The van der Waals surface area contributed by atoms with Gasteiger partial charge in [-0.2, -0.15) is 0 Å². The van der Waals surface area contributed by atoms with Crippen molar-refractivity contribution < 1.29 is 4.74 Å². The minimum absolute atomic E-state index is 0.323. The van der Waals surface area contributed by atoms with Crippen LogP contribution in [0.4, 0.5) is 0 Å². The van der Waals surface area contributed by atoms with Crippen LogP contribution in [0.3, 0.4) is 0 Å². The zero-order valence-corrected chi connectivity index (χ0v) is 12.4. The van der Waals surface area contributed by atoms with Crippen molar-refractivity contribution in [3.05, 3.63) is 65.9 Å². The molecule has 0 aliphatic carbocycles. The number of aromatic nitrogens is 1. The molecule has 3 aromatic rings. The van der Waals surface area contributed by atoms with Crippen LogP contribution < -0.4 is 10.5 Å². The third-order valence-corrected chi connectivity index (χ3v) is 3.45. The van der Waals surface area contributed by atoms with E-state index in [4.69, 9.17) is 22.7 Å². The maximum atomic E-state index is 6.06. The van der Waals surface area contributed by atoms with Gasteiger partial charge in [0, 0.05) is 11.6 Å². The van der Waals surface area contributed by atoms with Crippen LogP contribution in [0.5, 0.6) is 11.5 Å². The fraction of sp³-hybridized carbons (Fsp3) is 0.0588. The van der Waals surface area contributed by atoms with Gasteiger partial charge in [-0.05, 0) is 48.9 Å². The molecule has 3 rings (SSSR count). The molecule has 4 heteroatoms. The van der Waals surface area contributed by atoms with Gasteiger partial charge in [0.1, 0.15) is 16.5 Å². The maximum absolute atomic E-state index is 6.06. The molecule has 1 heterocycles. The number of hydrogen-bond acceptors (Lipinski definition) is 3. The normalized spacial score (nSPS) is 10.5. The lowest BCUT2D eigenvalue weighted by Gasteiger charge is -2.12. The Bertz CT molecular complexity index is 825. The average Bonchev–Trinajstić information content (AvgIpc) is 2.47. The molecule has 21 heavy (non-hydrogen) atoms. The van der Waals surface area contributed by atoms with E-state index in [0.717, 1.165) is 27.8 Å². The second-order valence-electron chi connectivity index (χ2n) is 4.79. The number of ether oxygens (including phenoxy) is 1. The molecule has 0 radical (unpaired) electrons. The molecular weight excluding hydrogens is 280 g/mol. The van der Waals surface area contributed by atoms with Gasteiger partial charge in [0.05, 0.1) is 11.1 Å². The van der Waals surface area contributed by atoms with E-state index in [1.165, 1.54) is 0 Å². The molecule has 0 saturated heterocycles. The Morgan fingerprint density at radius 1 is 1.10 bits per heavy atom. The number of thiocarbonyl (C=S) groups is 1. The number of benzene rings is 2. The number of fused-ring (bicyclic) bond motifs is 1. The molecule has 0 aliphatic heterocycles. The van der Waals surface area contributed by atoms with E-state index in [1.807, 2.05) is 55.5 Å². The summed E-state index contributed by atoms with van der Waals surface area (Å²) in [6, 6.07) is 15.4. The van der Waals surface area contributed by atoms with Crippen molar-refractivity contribution in [2.24, 2.45) is 5.73 Å². The standard InChI is InChI=1S/C17H14N2OS/c1-11-7-8-13(17(18)21)16(10-11)20-15-6-2-5-14-12(15)4-3-9-19-14/h2-10H,1H3,(H2,18,21). The zero-order valence-electron chi connectivity index (χ0n) is 11.5. The van der Waals surface area contributed by atoms with Gasteiger partial charge in [0.2, 0.25) is 0 Å². The fourth-order valence-corrected chi connectivity index (χ4v) is 2.37. The SMILES string of the molecule is Cc1ccc(C(N)=S)c(Oc2cccc3ncccc23)c1. The van der Waals surface area contributed by atoms with Crippen LogP contribution in [0.1, 0.15) is 11.1 Å². The van der Waals surface area contributed by atoms with Crippen molar-refractivity contribution in [2.45, 2.75) is 6.92 Å². The van der Waals surface area contributed by atoms with Gasteiger partial charge >= 0.3 is 0 Å². The highest BCUT2D eigenvalue weighted by atomic mass is 32.1. The number of nitrogens with two attached hydrogens (primary N) is 1. The lowest BCUT2D eigenvalue weighted by Crippen LogP contribution is -2.10. The molecule has 0 spiro atoms. The first-order valence-corrected chi connectivity index (χ1v) is 6.98. The Morgan fingerprint density at radius 3 is 2.76 bits per heavy atom. The third kappa shape index (κ3) is 2.71. The Labute approximate surface area is 128 Å². The molecule has 0 aliphatic rings. The van der Waals surface area contributed by atoms with Crippen LogP contribution in [-0.4, -0.2) is 9.97 Å². The topological polar surface area (TPSA) is 48.1 Å². The van der Waals surface area contributed by atoms with E-state index < -0.39 is 0 Å². The lowest BCUT2D eigenvalue weighted by atomic mass is 10.1. The molecule has 0 bridgehead atoms. The number of hydrogen-bond donors (Lipinski definition) is 1. The van der Waals surface area contributed by atoms with Gasteiger partial charge in [-0.25, -0.2) is 0 Å². The molecular formula is C17H14N2OS. The van der Waals surface area contributed by atoms with Crippen molar-refractivity contribution in [1.29, 1.82) is 0 Å². The first kappa shape index (κ1) is 13.5. The Hall–Kier alpha value is -2.46. The van der Waals surface area contributed by atoms with Crippen LogP contribution in [0, 0.1) is 6.92 Å². The first-order valence-electron chi connectivity index (χ1n) is 6.57. The van der Waals surface area contributed by atoms with E-state index in [0.29, 0.717) is 10.7 Å². The number of rotatable bonds is 3. The summed E-state index contributed by atoms with van der Waals surface area (Å²) in [4.78, 5) is 4.65. The monoisotopic (exact) mass is 294 g/mol. The highest BCUT2D eigenvalue weighted by Crippen LogP contribution is 2.31. The van der Waals surface area contributed by atoms with Crippen molar-refractivity contribution in [3.8, 4) is 11.5 Å². The summed E-state index contributed by atoms with van der Waals surface area (Å²) < 4.78 is 6.06. The molecule has 1 aromatic heterocycles. The molecule has 0 amide bonds. The number of nitrogens with zero attached hydrogens (tertiary/aromatic N) is 1. The van der Waals surface area contributed by atoms with Crippen LogP contribution >= 0.6 is 12.2 Å². The Kier molecular flexibility index (Phi) is 3.54. The predicted molar refractivity (Wildman–Crippen MR) is 88.9 cm³/mol. The molecule has 104 valence electrons. The summed E-state index contributed by atoms with van der Waals surface area (Å²) in [5.41, 5.74) is 8.48. The molecule has 3 nitrogen and oxygen atoms in total. The molecule has 2 N–H and O–H groups in total. The summed E-state index contributed by atoms with van der Waals surface area (Å²) in [6.07, 6.45) is 1.76. The average molecular weight is 294 g/mol. The van der Waals surface area contributed by atoms with E-state index in [2.05, 4.69) is 4.98 Å². The minimum Gasteiger partial charge on any atom is -0.456 e. The summed E-state index contributed by atoms with van der Waals surface area (Å²) in [6.45, 7) is 2.00. The Balaban J connectivity index is 2.11. The van der Waals surface area contributed by atoms with Crippen LogP contribution in [0.15, 0.2) is 54.7 Å². The second kappa shape index (κ2) is 5.50. The van der Waals surface area contributed by atoms with Crippen LogP contribution in [0.2, 0.25) is 0 Å².